The number of rotatable bonds is 5. The van der Waals surface area contributed by atoms with E-state index in [0.29, 0.717) is 0 Å². The maximum absolute atomic E-state index is 5.35. The number of aryl methyl sites for hydroxylation is 1. The monoisotopic (exact) mass is 176 g/mol. The Morgan fingerprint density at radius 1 is 1.31 bits per heavy atom. The zero-order chi connectivity index (χ0) is 9.52. The van der Waals surface area contributed by atoms with Gasteiger partial charge in [0.05, 0.1) is 6.61 Å². The van der Waals surface area contributed by atoms with Crippen molar-refractivity contribution in [3.05, 3.63) is 42.5 Å². The summed E-state index contributed by atoms with van der Waals surface area (Å²) in [5, 5.41) is 0. The van der Waals surface area contributed by atoms with E-state index in [0.717, 1.165) is 25.2 Å². The Hall–Kier alpha value is -1.24. The minimum atomic E-state index is 0.728. The van der Waals surface area contributed by atoms with Gasteiger partial charge in [-0.3, -0.25) is 0 Å². The zero-order valence-corrected chi connectivity index (χ0v) is 8.12. The predicted molar refractivity (Wildman–Crippen MR) is 56.1 cm³/mol. The van der Waals surface area contributed by atoms with Crippen LogP contribution in [0.1, 0.15) is 18.9 Å². The Morgan fingerprint density at radius 2 is 2.00 bits per heavy atom. The van der Waals surface area contributed by atoms with Gasteiger partial charge in [0.2, 0.25) is 0 Å². The summed E-state index contributed by atoms with van der Waals surface area (Å²) in [6.07, 6.45) is 4.04. The highest BCUT2D eigenvalue weighted by atomic mass is 16.5. The Morgan fingerprint density at radius 3 is 2.54 bits per heavy atom. The van der Waals surface area contributed by atoms with Gasteiger partial charge >= 0.3 is 0 Å². The second-order valence-corrected chi connectivity index (χ2v) is 2.90. The lowest BCUT2D eigenvalue weighted by Gasteiger charge is -2.03. The summed E-state index contributed by atoms with van der Waals surface area (Å²) in [5.74, 6) is 0.949. The van der Waals surface area contributed by atoms with E-state index in [4.69, 9.17) is 4.74 Å². The van der Waals surface area contributed by atoms with Crippen LogP contribution in [0.25, 0.3) is 0 Å². The molecule has 0 heterocycles. The maximum Gasteiger partial charge on any atom is 0.119 e. The van der Waals surface area contributed by atoms with Crippen molar-refractivity contribution >= 4 is 0 Å². The SMILES string of the molecule is C=CCCc1ccc(OCC)cc1. The molecule has 0 aromatic heterocycles. The molecule has 0 amide bonds. The molecular weight excluding hydrogens is 160 g/mol. The van der Waals surface area contributed by atoms with Gasteiger partial charge in [-0.1, -0.05) is 18.2 Å². The summed E-state index contributed by atoms with van der Waals surface area (Å²) in [4.78, 5) is 0. The first-order chi connectivity index (χ1) is 6.36. The Bertz CT molecular complexity index is 248. The first-order valence-electron chi connectivity index (χ1n) is 4.69. The molecule has 70 valence electrons. The molecule has 0 fully saturated rings. The van der Waals surface area contributed by atoms with E-state index in [9.17, 15) is 0 Å². The fraction of sp³-hybridized carbons (Fsp3) is 0.333. The van der Waals surface area contributed by atoms with Crippen LogP contribution < -0.4 is 4.74 Å². The van der Waals surface area contributed by atoms with Crippen LogP contribution in [0.15, 0.2) is 36.9 Å². The average molecular weight is 176 g/mol. The molecule has 1 nitrogen and oxygen atoms in total. The number of benzene rings is 1. The molecule has 1 rings (SSSR count). The van der Waals surface area contributed by atoms with Crippen molar-refractivity contribution < 1.29 is 4.74 Å². The highest BCUT2D eigenvalue weighted by Gasteiger charge is 1.93. The van der Waals surface area contributed by atoms with Gasteiger partial charge in [0.1, 0.15) is 5.75 Å². The fourth-order valence-electron chi connectivity index (χ4n) is 1.19. The maximum atomic E-state index is 5.35. The minimum Gasteiger partial charge on any atom is -0.494 e. The molecule has 0 atom stereocenters. The van der Waals surface area contributed by atoms with Crippen molar-refractivity contribution in [3.8, 4) is 5.75 Å². The van der Waals surface area contributed by atoms with Gasteiger partial charge in [-0.15, -0.1) is 6.58 Å². The standard InChI is InChI=1S/C12H16O/c1-3-5-6-11-7-9-12(10-8-11)13-4-2/h3,7-10H,1,4-6H2,2H3. The molecule has 0 unspecified atom stereocenters. The van der Waals surface area contributed by atoms with Gasteiger partial charge in [0, 0.05) is 0 Å². The highest BCUT2D eigenvalue weighted by Crippen LogP contribution is 2.13. The molecule has 0 radical (unpaired) electrons. The van der Waals surface area contributed by atoms with E-state index in [1.807, 2.05) is 25.1 Å². The molecule has 0 saturated heterocycles. The van der Waals surface area contributed by atoms with Crippen LogP contribution in [0, 0.1) is 0 Å². The topological polar surface area (TPSA) is 9.23 Å². The number of allylic oxidation sites excluding steroid dienone is 1. The molecular formula is C12H16O. The molecule has 0 aliphatic heterocycles. The third-order valence-corrected chi connectivity index (χ3v) is 1.87. The van der Waals surface area contributed by atoms with Crippen molar-refractivity contribution in [2.24, 2.45) is 0 Å². The summed E-state index contributed by atoms with van der Waals surface area (Å²) in [6, 6.07) is 8.24. The number of hydrogen-bond donors (Lipinski definition) is 0. The molecule has 0 saturated carbocycles. The van der Waals surface area contributed by atoms with Crippen molar-refractivity contribution in [1.29, 1.82) is 0 Å². The van der Waals surface area contributed by atoms with Crippen molar-refractivity contribution in [3.63, 3.8) is 0 Å². The largest absolute Gasteiger partial charge is 0.494 e. The zero-order valence-electron chi connectivity index (χ0n) is 8.12. The summed E-state index contributed by atoms with van der Waals surface area (Å²) in [7, 11) is 0. The van der Waals surface area contributed by atoms with Crippen LogP contribution in [-0.2, 0) is 6.42 Å². The molecule has 0 aliphatic rings. The molecule has 0 N–H and O–H groups in total. The van der Waals surface area contributed by atoms with Crippen LogP contribution in [0.4, 0.5) is 0 Å². The first kappa shape index (κ1) is 9.85. The highest BCUT2D eigenvalue weighted by molar-refractivity contribution is 5.27. The second-order valence-electron chi connectivity index (χ2n) is 2.90. The van der Waals surface area contributed by atoms with E-state index >= 15 is 0 Å². The molecule has 0 spiro atoms. The molecule has 0 aliphatic carbocycles. The summed E-state index contributed by atoms with van der Waals surface area (Å²) < 4.78 is 5.35. The van der Waals surface area contributed by atoms with Crippen molar-refractivity contribution in [2.45, 2.75) is 19.8 Å². The summed E-state index contributed by atoms with van der Waals surface area (Å²) in [6.45, 7) is 6.42. The third-order valence-electron chi connectivity index (χ3n) is 1.87. The molecule has 13 heavy (non-hydrogen) atoms. The fourth-order valence-corrected chi connectivity index (χ4v) is 1.19. The van der Waals surface area contributed by atoms with Crippen molar-refractivity contribution in [2.75, 3.05) is 6.61 Å². The molecule has 1 aromatic rings. The number of ether oxygens (including phenoxy) is 1. The second kappa shape index (κ2) is 5.41. The Labute approximate surface area is 80.0 Å². The van der Waals surface area contributed by atoms with Gasteiger partial charge in [0.15, 0.2) is 0 Å². The summed E-state index contributed by atoms with van der Waals surface area (Å²) in [5.41, 5.74) is 1.34. The Kier molecular flexibility index (Phi) is 4.10. The van der Waals surface area contributed by atoms with E-state index in [2.05, 4.69) is 18.7 Å². The molecule has 1 aromatic carbocycles. The predicted octanol–water partition coefficient (Wildman–Crippen LogP) is 3.20. The van der Waals surface area contributed by atoms with E-state index in [1.54, 1.807) is 0 Å². The normalized spacial score (nSPS) is 9.62. The van der Waals surface area contributed by atoms with Crippen LogP contribution in [0.5, 0.6) is 5.75 Å². The minimum absolute atomic E-state index is 0.728. The van der Waals surface area contributed by atoms with Crippen LogP contribution >= 0.6 is 0 Å². The third kappa shape index (κ3) is 3.32. The van der Waals surface area contributed by atoms with Crippen LogP contribution in [0.3, 0.4) is 0 Å². The van der Waals surface area contributed by atoms with Gasteiger partial charge in [-0.05, 0) is 37.5 Å². The van der Waals surface area contributed by atoms with E-state index in [1.165, 1.54) is 5.56 Å². The van der Waals surface area contributed by atoms with Crippen molar-refractivity contribution in [1.82, 2.24) is 0 Å². The van der Waals surface area contributed by atoms with E-state index in [-0.39, 0.29) is 0 Å². The van der Waals surface area contributed by atoms with Gasteiger partial charge in [-0.2, -0.15) is 0 Å². The first-order valence-corrected chi connectivity index (χ1v) is 4.69. The van der Waals surface area contributed by atoms with Gasteiger partial charge in [0.25, 0.3) is 0 Å². The quantitative estimate of drug-likeness (QED) is 0.626. The number of hydrogen-bond acceptors (Lipinski definition) is 1. The average Bonchev–Trinajstić information content (AvgIpc) is 2.17. The lowest BCUT2D eigenvalue weighted by atomic mass is 10.1. The van der Waals surface area contributed by atoms with E-state index < -0.39 is 0 Å². The summed E-state index contributed by atoms with van der Waals surface area (Å²) >= 11 is 0. The molecule has 0 bridgehead atoms. The van der Waals surface area contributed by atoms with Crippen LogP contribution in [0.2, 0.25) is 0 Å². The molecule has 1 heteroatoms. The smallest absolute Gasteiger partial charge is 0.119 e. The lowest BCUT2D eigenvalue weighted by molar-refractivity contribution is 0.340. The van der Waals surface area contributed by atoms with Gasteiger partial charge < -0.3 is 4.74 Å². The lowest BCUT2D eigenvalue weighted by Crippen LogP contribution is -1.91. The van der Waals surface area contributed by atoms with Gasteiger partial charge in [-0.25, -0.2) is 0 Å². The Balaban J connectivity index is 2.53. The van der Waals surface area contributed by atoms with Crippen LogP contribution in [-0.4, -0.2) is 6.61 Å².